The van der Waals surface area contributed by atoms with Crippen LogP contribution in [0.4, 0.5) is 5.69 Å². The molecule has 0 saturated carbocycles. The Kier molecular flexibility index (Phi) is 5.99. The first-order valence-electron chi connectivity index (χ1n) is 7.17. The second-order valence-electron chi connectivity index (χ2n) is 5.31. The lowest BCUT2D eigenvalue weighted by atomic mass is 10.2. The molecule has 7 nitrogen and oxygen atoms in total. The lowest BCUT2D eigenvalue weighted by molar-refractivity contribution is -0.112. The molecule has 1 heterocycles. The minimum atomic E-state index is -3.21. The van der Waals surface area contributed by atoms with Gasteiger partial charge in [-0.3, -0.25) is 4.79 Å². The number of nitrogens with zero attached hydrogens (tertiary/aromatic N) is 3. The van der Waals surface area contributed by atoms with Crippen molar-refractivity contribution >= 4 is 37.5 Å². The molecule has 0 radical (unpaired) electrons. The summed E-state index contributed by atoms with van der Waals surface area (Å²) < 4.78 is 25.2. The Bertz CT molecular complexity index is 776. The zero-order valence-electron chi connectivity index (χ0n) is 13.1. The van der Waals surface area contributed by atoms with Gasteiger partial charge in [0, 0.05) is 42.5 Å². The molecule has 1 N–H and O–H groups in total. The number of sulfonamides is 1. The smallest absolute Gasteiger partial charge is 0.267 e. The molecule has 0 aromatic heterocycles. The van der Waals surface area contributed by atoms with Crippen molar-refractivity contribution in [3.05, 3.63) is 40.5 Å². The monoisotopic (exact) mass is 412 g/mol. The summed E-state index contributed by atoms with van der Waals surface area (Å²) in [7, 11) is -3.21. The Morgan fingerprint density at radius 1 is 1.25 bits per heavy atom. The van der Waals surface area contributed by atoms with Crippen molar-refractivity contribution in [2.45, 2.75) is 0 Å². The number of amides is 1. The van der Waals surface area contributed by atoms with Gasteiger partial charge in [0.15, 0.2) is 0 Å². The van der Waals surface area contributed by atoms with Crippen LogP contribution >= 0.6 is 15.9 Å². The maximum atomic E-state index is 12.2. The van der Waals surface area contributed by atoms with Crippen LogP contribution in [-0.4, -0.2) is 56.0 Å². The average Bonchev–Trinajstić information content (AvgIpc) is 2.54. The fourth-order valence-corrected chi connectivity index (χ4v) is 3.31. The van der Waals surface area contributed by atoms with Crippen LogP contribution in [0.25, 0.3) is 0 Å². The maximum absolute atomic E-state index is 12.2. The molecule has 9 heteroatoms. The minimum Gasteiger partial charge on any atom is -0.373 e. The quantitative estimate of drug-likeness (QED) is 0.595. The number of benzene rings is 1. The van der Waals surface area contributed by atoms with Gasteiger partial charge in [0.2, 0.25) is 10.0 Å². The van der Waals surface area contributed by atoms with Crippen LogP contribution in [0.15, 0.2) is 40.5 Å². The molecule has 1 saturated heterocycles. The summed E-state index contributed by atoms with van der Waals surface area (Å²) in [6.45, 7) is 1.54. The van der Waals surface area contributed by atoms with Crippen molar-refractivity contribution in [2.75, 3.05) is 37.8 Å². The molecular weight excluding hydrogens is 396 g/mol. The summed E-state index contributed by atoms with van der Waals surface area (Å²) in [6, 6.07) is 8.91. The molecular formula is C15H17BrN4O3S. The van der Waals surface area contributed by atoms with Crippen molar-refractivity contribution in [2.24, 2.45) is 0 Å². The van der Waals surface area contributed by atoms with Crippen LogP contribution in [0.5, 0.6) is 0 Å². The van der Waals surface area contributed by atoms with Gasteiger partial charge in [0.1, 0.15) is 11.6 Å². The van der Waals surface area contributed by atoms with Gasteiger partial charge in [0.05, 0.1) is 6.26 Å². The predicted molar refractivity (Wildman–Crippen MR) is 94.5 cm³/mol. The van der Waals surface area contributed by atoms with Crippen molar-refractivity contribution in [1.29, 1.82) is 5.26 Å². The zero-order valence-corrected chi connectivity index (χ0v) is 15.5. The Labute approximate surface area is 149 Å². The van der Waals surface area contributed by atoms with Gasteiger partial charge >= 0.3 is 0 Å². The van der Waals surface area contributed by atoms with Crippen LogP contribution in [0.2, 0.25) is 0 Å². The number of nitriles is 1. The predicted octanol–water partition coefficient (Wildman–Crippen LogP) is 1.37. The number of hydrogen-bond acceptors (Lipinski definition) is 5. The highest BCUT2D eigenvalue weighted by atomic mass is 79.9. The van der Waals surface area contributed by atoms with E-state index >= 15 is 0 Å². The highest BCUT2D eigenvalue weighted by Gasteiger charge is 2.23. The molecule has 128 valence electrons. The summed E-state index contributed by atoms with van der Waals surface area (Å²) in [6.07, 6.45) is 2.65. The first kappa shape index (κ1) is 18.4. The summed E-state index contributed by atoms with van der Waals surface area (Å²) in [4.78, 5) is 14.0. The SMILES string of the molecule is CS(=O)(=O)N1CCN(/C=C(/C#N)C(=O)Nc2ccc(Br)cc2)CC1. The Hall–Kier alpha value is -1.89. The van der Waals surface area contributed by atoms with E-state index in [4.69, 9.17) is 0 Å². The third-order valence-corrected chi connectivity index (χ3v) is 5.35. The lowest BCUT2D eigenvalue weighted by Crippen LogP contribution is -2.46. The summed E-state index contributed by atoms with van der Waals surface area (Å²) >= 11 is 3.31. The second-order valence-corrected chi connectivity index (χ2v) is 8.21. The highest BCUT2D eigenvalue weighted by molar-refractivity contribution is 9.10. The van der Waals surface area contributed by atoms with Crippen molar-refractivity contribution in [3.63, 3.8) is 0 Å². The minimum absolute atomic E-state index is 0.0225. The Morgan fingerprint density at radius 3 is 2.33 bits per heavy atom. The summed E-state index contributed by atoms with van der Waals surface area (Å²) in [5.74, 6) is -0.495. The van der Waals surface area contributed by atoms with Gasteiger partial charge in [-0.15, -0.1) is 0 Å². The molecule has 1 aromatic carbocycles. The van der Waals surface area contributed by atoms with Crippen LogP contribution < -0.4 is 5.32 Å². The van der Waals surface area contributed by atoms with Gasteiger partial charge < -0.3 is 10.2 Å². The first-order chi connectivity index (χ1) is 11.3. The third kappa shape index (κ3) is 5.06. The zero-order chi connectivity index (χ0) is 17.7. The molecule has 24 heavy (non-hydrogen) atoms. The fraction of sp³-hybridized carbons (Fsp3) is 0.333. The maximum Gasteiger partial charge on any atom is 0.267 e. The Morgan fingerprint density at radius 2 is 1.83 bits per heavy atom. The number of halogens is 1. The van der Waals surface area contributed by atoms with E-state index in [9.17, 15) is 18.5 Å². The van der Waals surface area contributed by atoms with Crippen molar-refractivity contribution < 1.29 is 13.2 Å². The van der Waals surface area contributed by atoms with Crippen LogP contribution in [0.3, 0.4) is 0 Å². The standard InChI is InChI=1S/C15H17BrN4O3S/c1-24(22,23)20-8-6-19(7-9-20)11-12(10-17)15(21)18-14-4-2-13(16)3-5-14/h2-5,11H,6-9H2,1H3,(H,18,21)/b12-11-. The summed E-state index contributed by atoms with van der Waals surface area (Å²) in [5, 5.41) is 11.9. The van der Waals surface area contributed by atoms with Gasteiger partial charge in [-0.05, 0) is 24.3 Å². The molecule has 0 atom stereocenters. The van der Waals surface area contributed by atoms with Crippen LogP contribution in [0, 0.1) is 11.3 Å². The fourth-order valence-electron chi connectivity index (χ4n) is 2.22. The number of hydrogen-bond donors (Lipinski definition) is 1. The molecule has 0 unspecified atom stereocenters. The molecule has 1 aromatic rings. The number of nitrogens with one attached hydrogen (secondary N) is 1. The topological polar surface area (TPSA) is 93.5 Å². The van der Waals surface area contributed by atoms with E-state index in [2.05, 4.69) is 21.2 Å². The van der Waals surface area contributed by atoms with Crippen molar-refractivity contribution in [1.82, 2.24) is 9.21 Å². The molecule has 0 bridgehead atoms. The first-order valence-corrected chi connectivity index (χ1v) is 9.82. The van der Waals surface area contributed by atoms with E-state index in [1.807, 2.05) is 6.07 Å². The van der Waals surface area contributed by atoms with Crippen LogP contribution in [-0.2, 0) is 14.8 Å². The highest BCUT2D eigenvalue weighted by Crippen LogP contribution is 2.15. The summed E-state index contributed by atoms with van der Waals surface area (Å²) in [5.41, 5.74) is 0.567. The lowest BCUT2D eigenvalue weighted by Gasteiger charge is -2.32. The molecule has 2 rings (SSSR count). The molecule has 0 aliphatic carbocycles. The largest absolute Gasteiger partial charge is 0.373 e. The third-order valence-electron chi connectivity index (χ3n) is 3.52. The normalized spacial score (nSPS) is 16.5. The van der Waals surface area contributed by atoms with Crippen molar-refractivity contribution in [3.8, 4) is 6.07 Å². The number of carbonyl (C=O) groups is 1. The van der Waals surface area contributed by atoms with Gasteiger partial charge in [-0.1, -0.05) is 15.9 Å². The average molecular weight is 413 g/mol. The number of anilines is 1. The number of piperazine rings is 1. The molecule has 1 fully saturated rings. The number of carbonyl (C=O) groups excluding carboxylic acids is 1. The molecule has 1 amide bonds. The molecule has 1 aliphatic heterocycles. The van der Waals surface area contributed by atoms with Crippen LogP contribution in [0.1, 0.15) is 0 Å². The van der Waals surface area contributed by atoms with Gasteiger partial charge in [0.25, 0.3) is 5.91 Å². The molecule has 1 aliphatic rings. The van der Waals surface area contributed by atoms with Gasteiger partial charge in [-0.2, -0.15) is 9.57 Å². The van der Waals surface area contributed by atoms with E-state index in [1.54, 1.807) is 29.2 Å². The van der Waals surface area contributed by atoms with E-state index in [1.165, 1.54) is 16.8 Å². The number of rotatable bonds is 4. The molecule has 0 spiro atoms. The van der Waals surface area contributed by atoms with Gasteiger partial charge in [-0.25, -0.2) is 8.42 Å². The Balaban J connectivity index is 2.00. The van der Waals surface area contributed by atoms with E-state index in [0.29, 0.717) is 31.9 Å². The van der Waals surface area contributed by atoms with E-state index < -0.39 is 15.9 Å². The van der Waals surface area contributed by atoms with E-state index in [0.717, 1.165) is 4.47 Å². The van der Waals surface area contributed by atoms with E-state index in [-0.39, 0.29) is 5.57 Å². The second kappa shape index (κ2) is 7.79.